The number of rotatable bonds is 4. The predicted molar refractivity (Wildman–Crippen MR) is 84.3 cm³/mol. The summed E-state index contributed by atoms with van der Waals surface area (Å²) >= 11 is 0. The van der Waals surface area contributed by atoms with Crippen molar-refractivity contribution in [3.05, 3.63) is 23.8 Å². The van der Waals surface area contributed by atoms with Crippen LogP contribution in [-0.4, -0.2) is 61.4 Å². The van der Waals surface area contributed by atoms with Gasteiger partial charge in [-0.2, -0.15) is 0 Å². The first-order valence-electron chi connectivity index (χ1n) is 7.98. The van der Waals surface area contributed by atoms with E-state index in [9.17, 15) is 9.59 Å². The lowest BCUT2D eigenvalue weighted by molar-refractivity contribution is -0.150. The van der Waals surface area contributed by atoms with Crippen molar-refractivity contribution in [2.24, 2.45) is 5.92 Å². The van der Waals surface area contributed by atoms with Crippen molar-refractivity contribution < 1.29 is 28.9 Å². The summed E-state index contributed by atoms with van der Waals surface area (Å²) in [6.07, 6.45) is 0.0772. The predicted octanol–water partition coefficient (Wildman–Crippen LogP) is 0.948. The van der Waals surface area contributed by atoms with Crippen LogP contribution in [0.2, 0.25) is 0 Å². The smallest absolute Gasteiger partial charge is 0.306 e. The number of carboxylic acids is 1. The zero-order valence-electron chi connectivity index (χ0n) is 13.6. The van der Waals surface area contributed by atoms with Crippen molar-refractivity contribution in [1.29, 1.82) is 0 Å². The van der Waals surface area contributed by atoms with E-state index < -0.39 is 12.1 Å². The number of ether oxygens (including phenoxy) is 3. The second-order valence-electron chi connectivity index (χ2n) is 6.06. The Hall–Kier alpha value is -2.28. The van der Waals surface area contributed by atoms with Crippen LogP contribution in [0.25, 0.3) is 0 Å². The largest absolute Gasteiger partial charge is 0.497 e. The van der Waals surface area contributed by atoms with Gasteiger partial charge in [-0.05, 0) is 18.1 Å². The molecule has 0 radical (unpaired) electrons. The van der Waals surface area contributed by atoms with Crippen LogP contribution in [0.5, 0.6) is 11.5 Å². The van der Waals surface area contributed by atoms with Crippen LogP contribution in [0.4, 0.5) is 0 Å². The van der Waals surface area contributed by atoms with E-state index in [2.05, 4.69) is 0 Å². The molecule has 7 nitrogen and oxygen atoms in total. The Morgan fingerprint density at radius 2 is 2.25 bits per heavy atom. The van der Waals surface area contributed by atoms with Crippen molar-refractivity contribution in [2.45, 2.75) is 18.9 Å². The minimum atomic E-state index is -0.918. The molecule has 24 heavy (non-hydrogen) atoms. The van der Waals surface area contributed by atoms with Crippen LogP contribution >= 0.6 is 0 Å². The standard InChI is InChI=1S/C17H21NO6/c1-22-13-3-2-11-6-12(10-24-15(11)7-13)17(21)18-4-5-23-14(9-18)8-16(19)20/h2-3,7,12,14H,4-6,8-10H2,1H3,(H,19,20). The minimum absolute atomic E-state index is 0.00448. The highest BCUT2D eigenvalue weighted by Crippen LogP contribution is 2.31. The number of nitrogens with zero attached hydrogens (tertiary/aromatic N) is 1. The van der Waals surface area contributed by atoms with Crippen molar-refractivity contribution in [3.8, 4) is 11.5 Å². The first-order valence-corrected chi connectivity index (χ1v) is 7.98. The van der Waals surface area contributed by atoms with Crippen LogP contribution in [0.1, 0.15) is 12.0 Å². The number of amides is 1. The molecule has 0 saturated carbocycles. The van der Waals surface area contributed by atoms with Gasteiger partial charge in [0.15, 0.2) is 0 Å². The van der Waals surface area contributed by atoms with Gasteiger partial charge in [-0.25, -0.2) is 0 Å². The Morgan fingerprint density at radius 3 is 3.00 bits per heavy atom. The van der Waals surface area contributed by atoms with Gasteiger partial charge in [-0.15, -0.1) is 0 Å². The molecule has 0 aliphatic carbocycles. The van der Waals surface area contributed by atoms with Crippen LogP contribution in [0.3, 0.4) is 0 Å². The number of hydrogen-bond acceptors (Lipinski definition) is 5. The van der Waals surface area contributed by atoms with Gasteiger partial charge in [0.1, 0.15) is 18.1 Å². The molecule has 2 aliphatic heterocycles. The maximum Gasteiger partial charge on any atom is 0.306 e. The number of benzene rings is 1. The number of morpholine rings is 1. The summed E-state index contributed by atoms with van der Waals surface area (Å²) < 4.78 is 16.3. The molecule has 130 valence electrons. The molecule has 0 bridgehead atoms. The molecule has 7 heteroatoms. The Bertz CT molecular complexity index is 632. The second kappa shape index (κ2) is 7.09. The fourth-order valence-electron chi connectivity index (χ4n) is 3.13. The molecule has 0 aromatic heterocycles. The molecule has 3 rings (SSSR count). The summed E-state index contributed by atoms with van der Waals surface area (Å²) in [6.45, 7) is 1.49. The van der Waals surface area contributed by atoms with E-state index in [-0.39, 0.29) is 18.2 Å². The summed E-state index contributed by atoms with van der Waals surface area (Å²) in [4.78, 5) is 25.3. The van der Waals surface area contributed by atoms with E-state index in [0.29, 0.717) is 32.7 Å². The molecule has 1 aromatic carbocycles. The fourth-order valence-corrected chi connectivity index (χ4v) is 3.13. The Kier molecular flexibility index (Phi) is 4.89. The molecule has 2 atom stereocenters. The van der Waals surface area contributed by atoms with Gasteiger partial charge in [0, 0.05) is 19.2 Å². The third-order valence-corrected chi connectivity index (χ3v) is 4.38. The van der Waals surface area contributed by atoms with Crippen LogP contribution in [0.15, 0.2) is 18.2 Å². The Balaban J connectivity index is 1.64. The van der Waals surface area contributed by atoms with E-state index in [1.165, 1.54) is 0 Å². The summed E-state index contributed by atoms with van der Waals surface area (Å²) in [6, 6.07) is 5.60. The van der Waals surface area contributed by atoms with Crippen LogP contribution in [0, 0.1) is 5.92 Å². The molecule has 0 spiro atoms. The van der Waals surface area contributed by atoms with E-state index >= 15 is 0 Å². The third kappa shape index (κ3) is 3.62. The molecular formula is C17H21NO6. The van der Waals surface area contributed by atoms with E-state index in [1.807, 2.05) is 18.2 Å². The number of carboxylic acid groups (broad SMARTS) is 1. The third-order valence-electron chi connectivity index (χ3n) is 4.38. The molecule has 2 aliphatic rings. The molecule has 1 N–H and O–H groups in total. The average Bonchev–Trinajstić information content (AvgIpc) is 2.59. The Labute approximate surface area is 140 Å². The lowest BCUT2D eigenvalue weighted by Crippen LogP contribution is -2.50. The van der Waals surface area contributed by atoms with Gasteiger partial charge in [0.25, 0.3) is 0 Å². The number of carbonyl (C=O) groups excluding carboxylic acids is 1. The normalized spacial score (nSPS) is 23.1. The zero-order valence-corrected chi connectivity index (χ0v) is 13.6. The number of methoxy groups -OCH3 is 1. The van der Waals surface area contributed by atoms with E-state index in [1.54, 1.807) is 12.0 Å². The maximum absolute atomic E-state index is 12.7. The lowest BCUT2D eigenvalue weighted by atomic mass is 9.95. The number of hydrogen-bond donors (Lipinski definition) is 1. The molecule has 1 saturated heterocycles. The Morgan fingerprint density at radius 1 is 1.42 bits per heavy atom. The van der Waals surface area contributed by atoms with E-state index in [4.69, 9.17) is 19.3 Å². The van der Waals surface area contributed by atoms with Gasteiger partial charge in [0.2, 0.25) is 5.91 Å². The summed E-state index contributed by atoms with van der Waals surface area (Å²) in [5.74, 6) is 0.301. The maximum atomic E-state index is 12.7. The van der Waals surface area contributed by atoms with Crippen molar-refractivity contribution in [3.63, 3.8) is 0 Å². The highest BCUT2D eigenvalue weighted by Gasteiger charge is 2.33. The molecule has 2 heterocycles. The quantitative estimate of drug-likeness (QED) is 0.882. The molecule has 2 unspecified atom stereocenters. The minimum Gasteiger partial charge on any atom is -0.497 e. The van der Waals surface area contributed by atoms with Gasteiger partial charge >= 0.3 is 5.97 Å². The van der Waals surface area contributed by atoms with Gasteiger partial charge < -0.3 is 24.2 Å². The number of fused-ring (bicyclic) bond motifs is 1. The molecular weight excluding hydrogens is 314 g/mol. The van der Waals surface area contributed by atoms with Gasteiger partial charge in [-0.3, -0.25) is 9.59 Å². The van der Waals surface area contributed by atoms with Crippen molar-refractivity contribution in [1.82, 2.24) is 4.90 Å². The summed E-state index contributed by atoms with van der Waals surface area (Å²) in [5.41, 5.74) is 0.982. The van der Waals surface area contributed by atoms with Crippen molar-refractivity contribution in [2.75, 3.05) is 33.4 Å². The molecule has 1 amide bonds. The zero-order chi connectivity index (χ0) is 17.1. The van der Waals surface area contributed by atoms with Gasteiger partial charge in [0.05, 0.1) is 32.2 Å². The summed E-state index contributed by atoms with van der Waals surface area (Å²) in [5, 5.41) is 8.88. The first kappa shape index (κ1) is 16.6. The van der Waals surface area contributed by atoms with Crippen LogP contribution < -0.4 is 9.47 Å². The molecule has 1 fully saturated rings. The fraction of sp³-hybridized carbons (Fsp3) is 0.529. The van der Waals surface area contributed by atoms with Crippen LogP contribution in [-0.2, 0) is 20.7 Å². The SMILES string of the molecule is COc1ccc2c(c1)OCC(C(=O)N1CCOC(CC(=O)O)C1)C2. The topological polar surface area (TPSA) is 85.3 Å². The van der Waals surface area contributed by atoms with Crippen molar-refractivity contribution >= 4 is 11.9 Å². The average molecular weight is 335 g/mol. The first-order chi connectivity index (χ1) is 11.6. The highest BCUT2D eigenvalue weighted by molar-refractivity contribution is 5.80. The van der Waals surface area contributed by atoms with Gasteiger partial charge in [-0.1, -0.05) is 6.07 Å². The van der Waals surface area contributed by atoms with E-state index in [0.717, 1.165) is 17.1 Å². The number of carbonyl (C=O) groups is 2. The highest BCUT2D eigenvalue weighted by atomic mass is 16.5. The molecule has 1 aromatic rings. The second-order valence-corrected chi connectivity index (χ2v) is 6.06. The summed E-state index contributed by atoms with van der Waals surface area (Å²) in [7, 11) is 1.60. The monoisotopic (exact) mass is 335 g/mol. The lowest BCUT2D eigenvalue weighted by Gasteiger charge is -2.35. The number of aliphatic carboxylic acids is 1.